The van der Waals surface area contributed by atoms with Gasteiger partial charge in [0.1, 0.15) is 0 Å². The van der Waals surface area contributed by atoms with Crippen molar-refractivity contribution in [3.63, 3.8) is 0 Å². The average Bonchev–Trinajstić information content (AvgIpc) is 2.99. The predicted octanol–water partition coefficient (Wildman–Crippen LogP) is 6.21. The summed E-state index contributed by atoms with van der Waals surface area (Å²) in [4.78, 5) is 30.2. The molecule has 0 aromatic heterocycles. The van der Waals surface area contributed by atoms with E-state index in [-0.39, 0.29) is 17.6 Å². The SMILES string of the molecule is Cc1ccc(CN2C(=O)/C(=C\c3ccc(C(=O)NCCCN(C)Cc4ccccc4)cc3)Oc3ccccc32)cc1. The first-order valence-electron chi connectivity index (χ1n) is 13.9. The standard InChI is InChI=1S/C35H35N3O3/c1-26-13-15-29(16-14-26)25-38-31-11-6-7-12-32(31)41-33(35(38)40)23-27-17-19-30(20-18-27)34(39)36-21-8-22-37(2)24-28-9-4-3-5-10-28/h3-7,9-20,23H,8,21-22,24-25H2,1-2H3,(H,36,39)/b33-23+. The summed E-state index contributed by atoms with van der Waals surface area (Å²) in [6.07, 6.45) is 2.59. The molecule has 0 unspecified atom stereocenters. The van der Waals surface area contributed by atoms with Crippen LogP contribution in [0.1, 0.15) is 39.0 Å². The summed E-state index contributed by atoms with van der Waals surface area (Å²) in [5.41, 5.74) is 5.59. The van der Waals surface area contributed by atoms with Gasteiger partial charge in [0.15, 0.2) is 11.5 Å². The van der Waals surface area contributed by atoms with Crippen LogP contribution >= 0.6 is 0 Å². The molecule has 2 amide bonds. The van der Waals surface area contributed by atoms with E-state index >= 15 is 0 Å². The van der Waals surface area contributed by atoms with Crippen molar-refractivity contribution in [1.82, 2.24) is 10.2 Å². The third-order valence-electron chi connectivity index (χ3n) is 7.06. The zero-order chi connectivity index (χ0) is 28.6. The molecule has 1 N–H and O–H groups in total. The fourth-order valence-corrected chi connectivity index (χ4v) is 4.80. The highest BCUT2D eigenvalue weighted by Gasteiger charge is 2.30. The second kappa shape index (κ2) is 13.1. The number of ether oxygens (including phenoxy) is 1. The zero-order valence-electron chi connectivity index (χ0n) is 23.5. The molecule has 0 spiro atoms. The number of rotatable bonds is 10. The van der Waals surface area contributed by atoms with Crippen LogP contribution in [0.4, 0.5) is 5.69 Å². The molecule has 0 radical (unpaired) electrons. The van der Waals surface area contributed by atoms with E-state index in [9.17, 15) is 9.59 Å². The van der Waals surface area contributed by atoms with Crippen molar-refractivity contribution in [2.45, 2.75) is 26.4 Å². The second-order valence-electron chi connectivity index (χ2n) is 10.4. The summed E-state index contributed by atoms with van der Waals surface area (Å²) in [5, 5.41) is 3.00. The Kier molecular flexibility index (Phi) is 8.92. The highest BCUT2D eigenvalue weighted by molar-refractivity contribution is 6.09. The minimum absolute atomic E-state index is 0.113. The molecule has 4 aromatic rings. The first kappa shape index (κ1) is 27.9. The van der Waals surface area contributed by atoms with Gasteiger partial charge in [0, 0.05) is 18.7 Å². The smallest absolute Gasteiger partial charge is 0.294 e. The summed E-state index contributed by atoms with van der Waals surface area (Å²) in [7, 11) is 2.09. The maximum atomic E-state index is 13.5. The van der Waals surface area contributed by atoms with Crippen molar-refractivity contribution < 1.29 is 14.3 Å². The lowest BCUT2D eigenvalue weighted by atomic mass is 10.1. The number of hydrogen-bond acceptors (Lipinski definition) is 4. The van der Waals surface area contributed by atoms with Crippen molar-refractivity contribution in [3.05, 3.63) is 137 Å². The Morgan fingerprint density at radius 1 is 0.878 bits per heavy atom. The topological polar surface area (TPSA) is 61.9 Å². The van der Waals surface area contributed by atoms with Gasteiger partial charge in [0.25, 0.3) is 11.8 Å². The van der Waals surface area contributed by atoms with Gasteiger partial charge in [-0.05, 0) is 74.0 Å². The normalized spacial score (nSPS) is 13.7. The van der Waals surface area contributed by atoms with E-state index in [1.54, 1.807) is 23.1 Å². The van der Waals surface area contributed by atoms with Gasteiger partial charge in [-0.25, -0.2) is 0 Å². The van der Waals surface area contributed by atoms with Crippen molar-refractivity contribution in [1.29, 1.82) is 0 Å². The van der Waals surface area contributed by atoms with Gasteiger partial charge in [-0.2, -0.15) is 0 Å². The van der Waals surface area contributed by atoms with Gasteiger partial charge in [0.2, 0.25) is 0 Å². The van der Waals surface area contributed by atoms with Crippen molar-refractivity contribution in [2.24, 2.45) is 0 Å². The molecule has 1 heterocycles. The number of amides is 2. The molecule has 0 aliphatic carbocycles. The van der Waals surface area contributed by atoms with E-state index in [1.165, 1.54) is 11.1 Å². The first-order valence-corrected chi connectivity index (χ1v) is 13.9. The lowest BCUT2D eigenvalue weighted by Crippen LogP contribution is -2.36. The van der Waals surface area contributed by atoms with Gasteiger partial charge < -0.3 is 15.0 Å². The fourth-order valence-electron chi connectivity index (χ4n) is 4.80. The van der Waals surface area contributed by atoms with E-state index in [4.69, 9.17) is 4.74 Å². The molecule has 0 saturated carbocycles. The maximum Gasteiger partial charge on any atom is 0.294 e. The van der Waals surface area contributed by atoms with Gasteiger partial charge in [-0.3, -0.25) is 14.5 Å². The minimum atomic E-state index is -0.205. The number of aryl methyl sites for hydroxylation is 1. The summed E-state index contributed by atoms with van der Waals surface area (Å²) in [6, 6.07) is 33.3. The Balaban J connectivity index is 1.19. The number of nitrogens with one attached hydrogen (secondary N) is 1. The number of carbonyl (C=O) groups is 2. The number of benzene rings is 4. The second-order valence-corrected chi connectivity index (χ2v) is 10.4. The third-order valence-corrected chi connectivity index (χ3v) is 7.06. The quantitative estimate of drug-likeness (QED) is 0.190. The molecule has 0 fully saturated rings. The van der Waals surface area contributed by atoms with E-state index in [2.05, 4.69) is 29.4 Å². The molecule has 6 nitrogen and oxygen atoms in total. The first-order chi connectivity index (χ1) is 20.0. The number of fused-ring (bicyclic) bond motifs is 1. The van der Waals surface area contributed by atoms with Crippen LogP contribution in [-0.2, 0) is 17.9 Å². The summed E-state index contributed by atoms with van der Waals surface area (Å²) >= 11 is 0. The van der Waals surface area contributed by atoms with Gasteiger partial charge in [-0.1, -0.05) is 84.4 Å². The van der Waals surface area contributed by atoms with Crippen LogP contribution in [0.2, 0.25) is 0 Å². The number of hydrogen-bond donors (Lipinski definition) is 1. The molecular weight excluding hydrogens is 510 g/mol. The Bertz CT molecular complexity index is 1510. The molecule has 0 saturated heterocycles. The van der Waals surface area contributed by atoms with Crippen molar-refractivity contribution >= 4 is 23.6 Å². The highest BCUT2D eigenvalue weighted by atomic mass is 16.5. The number of anilines is 1. The van der Waals surface area contributed by atoms with Gasteiger partial charge in [-0.15, -0.1) is 0 Å². The Morgan fingerprint density at radius 2 is 1.59 bits per heavy atom. The molecule has 1 aliphatic heterocycles. The van der Waals surface area contributed by atoms with Crippen LogP contribution in [-0.4, -0.2) is 36.9 Å². The monoisotopic (exact) mass is 545 g/mol. The van der Waals surface area contributed by atoms with Crippen LogP contribution in [0.3, 0.4) is 0 Å². The summed E-state index contributed by atoms with van der Waals surface area (Å²) < 4.78 is 6.02. The number of carbonyl (C=O) groups excluding carboxylic acids is 2. The molecule has 0 atom stereocenters. The van der Waals surface area contributed by atoms with Crippen LogP contribution < -0.4 is 15.0 Å². The summed E-state index contributed by atoms with van der Waals surface area (Å²) in [6.45, 7) is 4.86. The largest absolute Gasteiger partial charge is 0.449 e. The Hall–Kier alpha value is -4.68. The summed E-state index contributed by atoms with van der Waals surface area (Å²) in [5.74, 6) is 0.560. The van der Waals surface area contributed by atoms with E-state index in [0.717, 1.165) is 36.3 Å². The number of para-hydroxylation sites is 2. The third kappa shape index (κ3) is 7.29. The van der Waals surface area contributed by atoms with Crippen LogP contribution in [0.5, 0.6) is 5.75 Å². The van der Waals surface area contributed by atoms with E-state index in [0.29, 0.717) is 24.4 Å². The molecule has 6 heteroatoms. The van der Waals surface area contributed by atoms with Crippen LogP contribution in [0.15, 0.2) is 109 Å². The van der Waals surface area contributed by atoms with Crippen molar-refractivity contribution in [3.8, 4) is 5.75 Å². The Morgan fingerprint density at radius 3 is 2.34 bits per heavy atom. The molecule has 4 aromatic carbocycles. The van der Waals surface area contributed by atoms with E-state index < -0.39 is 0 Å². The molecule has 5 rings (SSSR count). The Labute approximate surface area is 241 Å². The lowest BCUT2D eigenvalue weighted by Gasteiger charge is -2.30. The molecule has 208 valence electrons. The number of nitrogens with zero attached hydrogens (tertiary/aromatic N) is 2. The zero-order valence-corrected chi connectivity index (χ0v) is 23.5. The fraction of sp³-hybridized carbons (Fsp3) is 0.200. The van der Waals surface area contributed by atoms with Crippen LogP contribution in [0, 0.1) is 6.92 Å². The van der Waals surface area contributed by atoms with Crippen LogP contribution in [0.25, 0.3) is 6.08 Å². The molecular formula is C35H35N3O3. The highest BCUT2D eigenvalue weighted by Crippen LogP contribution is 2.36. The van der Waals surface area contributed by atoms with E-state index in [1.807, 2.05) is 85.8 Å². The predicted molar refractivity (Wildman–Crippen MR) is 164 cm³/mol. The lowest BCUT2D eigenvalue weighted by molar-refractivity contribution is -0.117. The molecule has 0 bridgehead atoms. The minimum Gasteiger partial charge on any atom is -0.449 e. The average molecular weight is 546 g/mol. The molecule has 1 aliphatic rings. The van der Waals surface area contributed by atoms with Gasteiger partial charge >= 0.3 is 0 Å². The van der Waals surface area contributed by atoms with Crippen molar-refractivity contribution in [2.75, 3.05) is 25.0 Å². The van der Waals surface area contributed by atoms with Gasteiger partial charge in [0.05, 0.1) is 12.2 Å². The maximum absolute atomic E-state index is 13.5. The molecule has 41 heavy (non-hydrogen) atoms.